The van der Waals surface area contributed by atoms with Crippen LogP contribution >= 0.6 is 12.2 Å². The lowest BCUT2D eigenvalue weighted by atomic mass is 10.0. The van der Waals surface area contributed by atoms with E-state index in [4.69, 9.17) is 17.0 Å². The fraction of sp³-hybridized carbons (Fsp3) is 0.385. The Morgan fingerprint density at radius 1 is 1.39 bits per heavy atom. The Bertz CT molecular complexity index is 590. The summed E-state index contributed by atoms with van der Waals surface area (Å²) < 4.78 is 8.26. The molecule has 3 rings (SSSR count). The van der Waals surface area contributed by atoms with Crippen molar-refractivity contribution in [3.05, 3.63) is 40.9 Å². The summed E-state index contributed by atoms with van der Waals surface area (Å²) in [4.78, 5) is 0. The largest absolute Gasteiger partial charge is 0.378 e. The SMILES string of the molecule is CC1OCCC1c1n[nH]c(=S)n1-c1ccccc1. The van der Waals surface area contributed by atoms with Gasteiger partial charge in [-0.05, 0) is 37.7 Å². The molecular formula is C13H15N3OS. The molecule has 1 aliphatic rings. The molecule has 0 aliphatic carbocycles. The lowest BCUT2D eigenvalue weighted by Crippen LogP contribution is -2.14. The van der Waals surface area contributed by atoms with Crippen molar-refractivity contribution in [1.29, 1.82) is 0 Å². The predicted molar refractivity (Wildman–Crippen MR) is 71.5 cm³/mol. The first-order valence-corrected chi connectivity index (χ1v) is 6.52. The highest BCUT2D eigenvalue weighted by atomic mass is 32.1. The monoisotopic (exact) mass is 261 g/mol. The van der Waals surface area contributed by atoms with Gasteiger partial charge >= 0.3 is 0 Å². The Labute approximate surface area is 111 Å². The number of aromatic amines is 1. The first-order chi connectivity index (χ1) is 8.77. The van der Waals surface area contributed by atoms with E-state index in [1.165, 1.54) is 0 Å². The van der Waals surface area contributed by atoms with Crippen molar-refractivity contribution in [3.63, 3.8) is 0 Å². The summed E-state index contributed by atoms with van der Waals surface area (Å²) in [5, 5.41) is 7.28. The summed E-state index contributed by atoms with van der Waals surface area (Å²) in [5.74, 6) is 1.27. The number of aromatic nitrogens is 3. The lowest BCUT2D eigenvalue weighted by molar-refractivity contribution is 0.117. The van der Waals surface area contributed by atoms with Crippen LogP contribution in [0.5, 0.6) is 0 Å². The fourth-order valence-electron chi connectivity index (χ4n) is 2.46. The number of H-pyrrole nitrogens is 1. The van der Waals surface area contributed by atoms with Gasteiger partial charge in [0.1, 0.15) is 5.82 Å². The van der Waals surface area contributed by atoms with Gasteiger partial charge < -0.3 is 4.74 Å². The van der Waals surface area contributed by atoms with Crippen LogP contribution in [0.4, 0.5) is 0 Å². The van der Waals surface area contributed by atoms with Crippen molar-refractivity contribution in [2.75, 3.05) is 6.61 Å². The summed E-state index contributed by atoms with van der Waals surface area (Å²) in [7, 11) is 0. The number of hydrogen-bond acceptors (Lipinski definition) is 3. The maximum Gasteiger partial charge on any atom is 0.199 e. The fourth-order valence-corrected chi connectivity index (χ4v) is 2.70. The predicted octanol–water partition coefficient (Wildman–Crippen LogP) is 2.82. The zero-order valence-corrected chi connectivity index (χ0v) is 11.0. The van der Waals surface area contributed by atoms with E-state index in [9.17, 15) is 0 Å². The Morgan fingerprint density at radius 3 is 2.83 bits per heavy atom. The van der Waals surface area contributed by atoms with Gasteiger partial charge in [-0.2, -0.15) is 5.10 Å². The van der Waals surface area contributed by atoms with Crippen LogP contribution in [0.3, 0.4) is 0 Å². The average Bonchev–Trinajstić information content (AvgIpc) is 2.96. The molecule has 0 spiro atoms. The molecule has 4 nitrogen and oxygen atoms in total. The molecule has 0 amide bonds. The standard InChI is InChI=1S/C13H15N3OS/c1-9-11(7-8-17-9)12-14-15-13(18)16(12)10-5-3-2-4-6-10/h2-6,9,11H,7-8H2,1H3,(H,15,18). The Balaban J connectivity index is 2.10. The number of rotatable bonds is 2. The van der Waals surface area contributed by atoms with Gasteiger partial charge in [0.2, 0.25) is 0 Å². The average molecular weight is 261 g/mol. The molecule has 1 aromatic carbocycles. The second kappa shape index (κ2) is 4.66. The summed E-state index contributed by atoms with van der Waals surface area (Å²) in [6.45, 7) is 2.88. The van der Waals surface area contributed by atoms with Crippen molar-refractivity contribution in [1.82, 2.24) is 14.8 Å². The summed E-state index contributed by atoms with van der Waals surface area (Å²) in [5.41, 5.74) is 1.05. The maximum absolute atomic E-state index is 5.62. The molecule has 18 heavy (non-hydrogen) atoms. The Hall–Kier alpha value is -1.46. The number of nitrogens with zero attached hydrogens (tertiary/aromatic N) is 2. The van der Waals surface area contributed by atoms with Crippen molar-refractivity contribution in [2.45, 2.75) is 25.4 Å². The number of benzene rings is 1. The minimum Gasteiger partial charge on any atom is -0.378 e. The van der Waals surface area contributed by atoms with Crippen molar-refractivity contribution < 1.29 is 4.74 Å². The number of nitrogens with one attached hydrogen (secondary N) is 1. The van der Waals surface area contributed by atoms with Gasteiger partial charge in [0.15, 0.2) is 4.77 Å². The molecule has 2 aromatic rings. The van der Waals surface area contributed by atoms with Crippen LogP contribution < -0.4 is 0 Å². The Morgan fingerprint density at radius 2 is 2.17 bits per heavy atom. The van der Waals surface area contributed by atoms with E-state index in [-0.39, 0.29) is 6.10 Å². The van der Waals surface area contributed by atoms with E-state index < -0.39 is 0 Å². The molecule has 1 saturated heterocycles. The van der Waals surface area contributed by atoms with E-state index in [1.54, 1.807) is 0 Å². The van der Waals surface area contributed by atoms with Crippen molar-refractivity contribution in [3.8, 4) is 5.69 Å². The van der Waals surface area contributed by atoms with Crippen LogP contribution in [0, 0.1) is 4.77 Å². The van der Waals surface area contributed by atoms with Gasteiger partial charge in [0.05, 0.1) is 6.10 Å². The smallest absolute Gasteiger partial charge is 0.199 e. The van der Waals surface area contributed by atoms with Crippen LogP contribution in [-0.2, 0) is 4.74 Å². The zero-order chi connectivity index (χ0) is 12.5. The van der Waals surface area contributed by atoms with Gasteiger partial charge in [-0.25, -0.2) is 0 Å². The van der Waals surface area contributed by atoms with Gasteiger partial charge in [-0.1, -0.05) is 18.2 Å². The quantitative estimate of drug-likeness (QED) is 0.845. The molecular weight excluding hydrogens is 246 g/mol. The molecule has 0 bridgehead atoms. The molecule has 2 atom stereocenters. The van der Waals surface area contributed by atoms with Gasteiger partial charge in [-0.3, -0.25) is 9.67 Å². The minimum atomic E-state index is 0.192. The maximum atomic E-state index is 5.62. The number of hydrogen-bond donors (Lipinski definition) is 1. The van der Waals surface area contributed by atoms with E-state index >= 15 is 0 Å². The van der Waals surface area contributed by atoms with Crippen LogP contribution in [0.1, 0.15) is 25.1 Å². The molecule has 1 fully saturated rings. The van der Waals surface area contributed by atoms with Gasteiger partial charge in [-0.15, -0.1) is 0 Å². The molecule has 0 saturated carbocycles. The second-order valence-electron chi connectivity index (χ2n) is 4.53. The molecule has 2 heterocycles. The number of para-hydroxylation sites is 1. The highest BCUT2D eigenvalue weighted by Gasteiger charge is 2.30. The third-order valence-electron chi connectivity index (χ3n) is 3.42. The summed E-state index contributed by atoms with van der Waals surface area (Å²) in [6.07, 6.45) is 1.19. The molecule has 1 aliphatic heterocycles. The molecule has 1 N–H and O–H groups in total. The first kappa shape index (κ1) is 11.6. The molecule has 2 unspecified atom stereocenters. The normalized spacial score (nSPS) is 23.4. The summed E-state index contributed by atoms with van der Waals surface area (Å²) >= 11 is 5.33. The zero-order valence-electron chi connectivity index (χ0n) is 10.2. The van der Waals surface area contributed by atoms with E-state index in [0.717, 1.165) is 24.5 Å². The van der Waals surface area contributed by atoms with Gasteiger partial charge in [0.25, 0.3) is 0 Å². The van der Waals surface area contributed by atoms with Gasteiger partial charge in [0, 0.05) is 18.2 Å². The molecule has 0 radical (unpaired) electrons. The number of ether oxygens (including phenoxy) is 1. The van der Waals surface area contributed by atoms with Crippen LogP contribution in [0.2, 0.25) is 0 Å². The summed E-state index contributed by atoms with van der Waals surface area (Å²) in [6, 6.07) is 10.1. The molecule has 94 valence electrons. The van der Waals surface area contributed by atoms with Crippen LogP contribution in [0.15, 0.2) is 30.3 Å². The first-order valence-electron chi connectivity index (χ1n) is 6.11. The van der Waals surface area contributed by atoms with Crippen molar-refractivity contribution >= 4 is 12.2 Å². The van der Waals surface area contributed by atoms with Crippen LogP contribution in [-0.4, -0.2) is 27.5 Å². The molecule has 5 heteroatoms. The lowest BCUT2D eigenvalue weighted by Gasteiger charge is -2.14. The van der Waals surface area contributed by atoms with E-state index in [0.29, 0.717) is 10.7 Å². The second-order valence-corrected chi connectivity index (χ2v) is 4.92. The van der Waals surface area contributed by atoms with Crippen molar-refractivity contribution in [2.24, 2.45) is 0 Å². The third kappa shape index (κ3) is 1.89. The molecule has 1 aromatic heterocycles. The Kier molecular flexibility index (Phi) is 3.01. The van der Waals surface area contributed by atoms with E-state index in [2.05, 4.69) is 17.1 Å². The van der Waals surface area contributed by atoms with E-state index in [1.807, 2.05) is 34.9 Å². The van der Waals surface area contributed by atoms with Crippen LogP contribution in [0.25, 0.3) is 5.69 Å². The topological polar surface area (TPSA) is 42.8 Å². The highest BCUT2D eigenvalue weighted by molar-refractivity contribution is 7.71. The highest BCUT2D eigenvalue weighted by Crippen LogP contribution is 2.31. The third-order valence-corrected chi connectivity index (χ3v) is 3.69. The minimum absolute atomic E-state index is 0.192.